The molecule has 1 saturated carbocycles. The molecule has 1 aromatic heterocycles. The zero-order valence-corrected chi connectivity index (χ0v) is 9.22. The van der Waals surface area contributed by atoms with Crippen LogP contribution in [0.1, 0.15) is 26.2 Å². The molecule has 0 saturated heterocycles. The summed E-state index contributed by atoms with van der Waals surface area (Å²) in [5, 5.41) is 13.7. The van der Waals surface area contributed by atoms with Gasteiger partial charge in [0.15, 0.2) is 0 Å². The summed E-state index contributed by atoms with van der Waals surface area (Å²) in [6.45, 7) is 2.11. The zero-order valence-electron chi connectivity index (χ0n) is 9.22. The highest BCUT2D eigenvalue weighted by Gasteiger charge is 2.23. The fourth-order valence-corrected chi connectivity index (χ4v) is 1.74. The van der Waals surface area contributed by atoms with E-state index in [1.807, 2.05) is 0 Å². The maximum absolute atomic E-state index is 10.4. The number of pyridine rings is 1. The van der Waals surface area contributed by atoms with Crippen LogP contribution in [0, 0.1) is 16.0 Å². The maximum Gasteiger partial charge on any atom is 0.287 e. The van der Waals surface area contributed by atoms with Gasteiger partial charge in [0, 0.05) is 12.1 Å². The Kier molecular flexibility index (Phi) is 3.03. The van der Waals surface area contributed by atoms with Crippen LogP contribution in [-0.2, 0) is 0 Å². The molecule has 0 spiro atoms. The summed E-state index contributed by atoms with van der Waals surface area (Å²) in [5.41, 5.74) is 0.0281. The molecule has 0 amide bonds. The van der Waals surface area contributed by atoms with Crippen molar-refractivity contribution in [2.24, 2.45) is 5.92 Å². The van der Waals surface area contributed by atoms with E-state index < -0.39 is 4.92 Å². The van der Waals surface area contributed by atoms with Gasteiger partial charge in [0.25, 0.3) is 5.69 Å². The Morgan fingerprint density at radius 2 is 2.38 bits per heavy atom. The van der Waals surface area contributed by atoms with Gasteiger partial charge in [-0.05, 0) is 25.3 Å². The molecule has 16 heavy (non-hydrogen) atoms. The molecule has 1 atom stereocenters. The van der Waals surface area contributed by atoms with Gasteiger partial charge in [0.05, 0.1) is 4.92 Å². The van der Waals surface area contributed by atoms with Gasteiger partial charge >= 0.3 is 0 Å². The predicted molar refractivity (Wildman–Crippen MR) is 61.3 cm³/mol. The fraction of sp³-hybridized carbons (Fsp3) is 0.545. The summed E-state index contributed by atoms with van der Waals surface area (Å²) in [4.78, 5) is 14.0. The Balaban J connectivity index is 1.90. The number of rotatable bonds is 5. The molecule has 86 valence electrons. The van der Waals surface area contributed by atoms with E-state index in [0.29, 0.717) is 11.9 Å². The lowest BCUT2D eigenvalue weighted by Crippen LogP contribution is -2.16. The molecule has 1 heterocycles. The number of anilines is 1. The highest BCUT2D eigenvalue weighted by Crippen LogP contribution is 2.33. The van der Waals surface area contributed by atoms with E-state index in [9.17, 15) is 10.1 Å². The average molecular weight is 221 g/mol. The lowest BCUT2D eigenvalue weighted by Gasteiger charge is -2.13. The standard InChI is InChI=1S/C11H15N3O2/c1-8(6-9-2-3-9)13-11-5-4-10(7-12-11)14(15)16/h4-5,7-9H,2-3,6H2,1H3,(H,12,13). The van der Waals surface area contributed by atoms with Crippen molar-refractivity contribution in [3.8, 4) is 0 Å². The molecule has 1 fully saturated rings. The van der Waals surface area contributed by atoms with E-state index >= 15 is 0 Å². The number of hydrogen-bond acceptors (Lipinski definition) is 4. The second-order valence-corrected chi connectivity index (χ2v) is 4.38. The molecule has 0 aliphatic heterocycles. The van der Waals surface area contributed by atoms with Crippen molar-refractivity contribution < 1.29 is 4.92 Å². The molecule has 1 N–H and O–H groups in total. The van der Waals surface area contributed by atoms with Gasteiger partial charge in [-0.25, -0.2) is 4.98 Å². The van der Waals surface area contributed by atoms with Gasteiger partial charge in [0.2, 0.25) is 0 Å². The van der Waals surface area contributed by atoms with E-state index in [-0.39, 0.29) is 5.69 Å². The normalized spacial score (nSPS) is 16.8. The Labute approximate surface area is 94.0 Å². The number of nitro groups is 1. The monoisotopic (exact) mass is 221 g/mol. The number of aromatic nitrogens is 1. The van der Waals surface area contributed by atoms with Gasteiger partial charge in [-0.15, -0.1) is 0 Å². The van der Waals surface area contributed by atoms with E-state index in [2.05, 4.69) is 17.2 Å². The topological polar surface area (TPSA) is 68.1 Å². The van der Waals surface area contributed by atoms with Crippen molar-refractivity contribution in [2.75, 3.05) is 5.32 Å². The summed E-state index contributed by atoms with van der Waals surface area (Å²) in [6.07, 6.45) is 5.10. The Morgan fingerprint density at radius 1 is 1.62 bits per heavy atom. The first kappa shape index (κ1) is 10.9. The van der Waals surface area contributed by atoms with Crippen LogP contribution in [-0.4, -0.2) is 15.9 Å². The second kappa shape index (κ2) is 4.47. The lowest BCUT2D eigenvalue weighted by molar-refractivity contribution is -0.385. The first-order chi connectivity index (χ1) is 7.65. The maximum atomic E-state index is 10.4. The summed E-state index contributed by atoms with van der Waals surface area (Å²) in [7, 11) is 0. The highest BCUT2D eigenvalue weighted by atomic mass is 16.6. The molecule has 0 aromatic carbocycles. The van der Waals surface area contributed by atoms with Gasteiger partial charge in [-0.1, -0.05) is 12.8 Å². The van der Waals surface area contributed by atoms with Crippen LogP contribution in [0.3, 0.4) is 0 Å². The highest BCUT2D eigenvalue weighted by molar-refractivity contribution is 5.40. The van der Waals surface area contributed by atoms with Crippen LogP contribution in [0.25, 0.3) is 0 Å². The largest absolute Gasteiger partial charge is 0.368 e. The van der Waals surface area contributed by atoms with Crippen LogP contribution < -0.4 is 5.32 Å². The summed E-state index contributed by atoms with van der Waals surface area (Å²) in [6, 6.07) is 3.50. The van der Waals surface area contributed by atoms with Gasteiger partial charge in [-0.2, -0.15) is 0 Å². The molecule has 0 radical (unpaired) electrons. The average Bonchev–Trinajstić information content (AvgIpc) is 3.02. The van der Waals surface area contributed by atoms with Gasteiger partial charge in [-0.3, -0.25) is 10.1 Å². The quantitative estimate of drug-likeness (QED) is 0.613. The second-order valence-electron chi connectivity index (χ2n) is 4.38. The fourth-order valence-electron chi connectivity index (χ4n) is 1.74. The summed E-state index contributed by atoms with van der Waals surface area (Å²) >= 11 is 0. The van der Waals surface area contributed by atoms with E-state index in [4.69, 9.17) is 0 Å². The third kappa shape index (κ3) is 2.92. The minimum Gasteiger partial charge on any atom is -0.368 e. The summed E-state index contributed by atoms with van der Waals surface area (Å²) in [5.74, 6) is 1.57. The third-order valence-corrected chi connectivity index (χ3v) is 2.74. The molecule has 2 rings (SSSR count). The first-order valence-corrected chi connectivity index (χ1v) is 5.52. The molecule has 5 heteroatoms. The van der Waals surface area contributed by atoms with Crippen LogP contribution in [0.2, 0.25) is 0 Å². The zero-order chi connectivity index (χ0) is 11.5. The Bertz CT molecular complexity index is 373. The molecular formula is C11H15N3O2. The molecular weight excluding hydrogens is 206 g/mol. The molecule has 1 aliphatic rings. The molecule has 1 unspecified atom stereocenters. The van der Waals surface area contributed by atoms with Crippen molar-refractivity contribution in [3.05, 3.63) is 28.4 Å². The van der Waals surface area contributed by atoms with Crippen LogP contribution >= 0.6 is 0 Å². The molecule has 1 aliphatic carbocycles. The van der Waals surface area contributed by atoms with Crippen molar-refractivity contribution in [3.63, 3.8) is 0 Å². The SMILES string of the molecule is CC(CC1CC1)Nc1ccc([N+](=O)[O-])cn1. The minimum absolute atomic E-state index is 0.0281. The van der Waals surface area contributed by atoms with E-state index in [1.165, 1.54) is 25.1 Å². The molecule has 1 aromatic rings. The lowest BCUT2D eigenvalue weighted by atomic mass is 10.1. The Hall–Kier alpha value is -1.65. The van der Waals surface area contributed by atoms with Crippen LogP contribution in [0.4, 0.5) is 11.5 Å². The van der Waals surface area contributed by atoms with E-state index in [0.717, 1.165) is 12.3 Å². The number of nitrogens with zero attached hydrogens (tertiary/aromatic N) is 2. The van der Waals surface area contributed by atoms with Crippen molar-refractivity contribution in [2.45, 2.75) is 32.2 Å². The van der Waals surface area contributed by atoms with Crippen LogP contribution in [0.5, 0.6) is 0 Å². The summed E-state index contributed by atoms with van der Waals surface area (Å²) < 4.78 is 0. The van der Waals surface area contributed by atoms with Gasteiger partial charge in [0.1, 0.15) is 12.0 Å². The van der Waals surface area contributed by atoms with Gasteiger partial charge < -0.3 is 5.32 Å². The van der Waals surface area contributed by atoms with Crippen molar-refractivity contribution in [1.82, 2.24) is 4.98 Å². The minimum atomic E-state index is -0.440. The molecule has 0 bridgehead atoms. The van der Waals surface area contributed by atoms with E-state index in [1.54, 1.807) is 6.07 Å². The third-order valence-electron chi connectivity index (χ3n) is 2.74. The molecule has 5 nitrogen and oxygen atoms in total. The predicted octanol–water partition coefficient (Wildman–Crippen LogP) is 2.59. The van der Waals surface area contributed by atoms with Crippen LogP contribution in [0.15, 0.2) is 18.3 Å². The number of hydrogen-bond donors (Lipinski definition) is 1. The Morgan fingerprint density at radius 3 is 2.88 bits per heavy atom. The first-order valence-electron chi connectivity index (χ1n) is 5.52. The van der Waals surface area contributed by atoms with Crippen molar-refractivity contribution >= 4 is 11.5 Å². The smallest absolute Gasteiger partial charge is 0.287 e. The number of nitrogens with one attached hydrogen (secondary N) is 1. The van der Waals surface area contributed by atoms with Crippen molar-refractivity contribution in [1.29, 1.82) is 0 Å².